The van der Waals surface area contributed by atoms with Crippen LogP contribution < -0.4 is 15.4 Å². The van der Waals surface area contributed by atoms with Crippen LogP contribution in [-0.2, 0) is 0 Å². The quantitative estimate of drug-likeness (QED) is 0.702. The fourth-order valence-corrected chi connectivity index (χ4v) is 3.69. The van der Waals surface area contributed by atoms with E-state index >= 15 is 0 Å². The molecule has 2 unspecified atom stereocenters. The molecule has 150 valence electrons. The van der Waals surface area contributed by atoms with Crippen LogP contribution in [0.25, 0.3) is 16.9 Å². The minimum Gasteiger partial charge on any atom is -0.497 e. The Hall–Kier alpha value is -3.12. The number of carbonyl (C=O) groups excluding carboxylic acids is 1. The van der Waals surface area contributed by atoms with Crippen LogP contribution in [0.5, 0.6) is 5.75 Å². The van der Waals surface area contributed by atoms with Gasteiger partial charge < -0.3 is 15.4 Å². The lowest BCUT2D eigenvalue weighted by Crippen LogP contribution is -2.48. The van der Waals surface area contributed by atoms with E-state index in [-0.39, 0.29) is 11.9 Å². The lowest BCUT2D eigenvalue weighted by Gasteiger charge is -2.30. The lowest BCUT2D eigenvalue weighted by atomic mass is 9.95. The minimum atomic E-state index is -0.0863. The zero-order valence-electron chi connectivity index (χ0n) is 16.8. The molecule has 1 saturated heterocycles. The van der Waals surface area contributed by atoms with E-state index in [2.05, 4.69) is 17.6 Å². The first-order valence-corrected chi connectivity index (χ1v) is 9.97. The first-order valence-electron chi connectivity index (χ1n) is 9.97. The molecule has 4 rings (SSSR count). The maximum atomic E-state index is 13.2. The molecule has 2 aromatic carbocycles. The van der Waals surface area contributed by atoms with Crippen molar-refractivity contribution < 1.29 is 9.53 Å². The number of para-hydroxylation sites is 1. The molecule has 1 fully saturated rings. The number of nitrogens with one attached hydrogen (secondary N) is 2. The van der Waals surface area contributed by atoms with Crippen molar-refractivity contribution in [2.24, 2.45) is 5.92 Å². The van der Waals surface area contributed by atoms with Gasteiger partial charge in [-0.1, -0.05) is 25.1 Å². The number of piperidine rings is 1. The number of rotatable bonds is 5. The smallest absolute Gasteiger partial charge is 0.255 e. The second-order valence-electron chi connectivity index (χ2n) is 7.45. The van der Waals surface area contributed by atoms with Crippen molar-refractivity contribution in [2.75, 3.05) is 20.2 Å². The Bertz CT molecular complexity index is 966. The Morgan fingerprint density at radius 2 is 1.93 bits per heavy atom. The Balaban J connectivity index is 1.70. The van der Waals surface area contributed by atoms with Crippen LogP contribution in [0.1, 0.15) is 23.7 Å². The fraction of sp³-hybridized carbons (Fsp3) is 0.304. The zero-order chi connectivity index (χ0) is 20.2. The van der Waals surface area contributed by atoms with E-state index in [0.717, 1.165) is 36.5 Å². The molecule has 1 aliphatic rings. The van der Waals surface area contributed by atoms with Crippen molar-refractivity contribution in [3.8, 4) is 22.7 Å². The predicted octanol–water partition coefficient (Wildman–Crippen LogP) is 3.28. The first-order chi connectivity index (χ1) is 14.2. The largest absolute Gasteiger partial charge is 0.497 e. The van der Waals surface area contributed by atoms with Crippen molar-refractivity contribution in [1.29, 1.82) is 0 Å². The molecule has 6 nitrogen and oxygen atoms in total. The molecule has 2 heterocycles. The third-order valence-electron chi connectivity index (χ3n) is 5.44. The minimum absolute atomic E-state index is 0.0863. The van der Waals surface area contributed by atoms with Crippen LogP contribution in [-0.4, -0.2) is 41.9 Å². The summed E-state index contributed by atoms with van der Waals surface area (Å²) in [6, 6.07) is 17.6. The van der Waals surface area contributed by atoms with E-state index in [1.165, 1.54) is 0 Å². The monoisotopic (exact) mass is 390 g/mol. The highest BCUT2D eigenvalue weighted by atomic mass is 16.5. The van der Waals surface area contributed by atoms with E-state index in [9.17, 15) is 4.79 Å². The summed E-state index contributed by atoms with van der Waals surface area (Å²) < 4.78 is 7.02. The average Bonchev–Trinajstić information content (AvgIpc) is 3.22. The SMILES string of the molecule is COc1ccc(-c2nn(-c3ccccc3)cc2C(=O)NC2CCNCC2C)cc1. The summed E-state index contributed by atoms with van der Waals surface area (Å²) in [5, 5.41) is 11.3. The van der Waals surface area contributed by atoms with E-state index < -0.39 is 0 Å². The number of hydrogen-bond acceptors (Lipinski definition) is 4. The van der Waals surface area contributed by atoms with Gasteiger partial charge in [-0.2, -0.15) is 5.10 Å². The molecule has 2 N–H and O–H groups in total. The van der Waals surface area contributed by atoms with E-state index in [1.54, 1.807) is 11.8 Å². The highest BCUT2D eigenvalue weighted by Gasteiger charge is 2.26. The number of aromatic nitrogens is 2. The normalized spacial score (nSPS) is 19.0. The molecule has 0 radical (unpaired) electrons. The van der Waals surface area contributed by atoms with Crippen molar-refractivity contribution in [3.63, 3.8) is 0 Å². The first kappa shape index (κ1) is 19.2. The summed E-state index contributed by atoms with van der Waals surface area (Å²) in [6.45, 7) is 4.00. The van der Waals surface area contributed by atoms with Gasteiger partial charge in [-0.3, -0.25) is 4.79 Å². The Morgan fingerprint density at radius 1 is 1.17 bits per heavy atom. The third-order valence-corrected chi connectivity index (χ3v) is 5.44. The number of nitrogens with zero attached hydrogens (tertiary/aromatic N) is 2. The standard InChI is InChI=1S/C23H26N4O2/c1-16-14-24-13-12-21(16)25-23(28)20-15-27(18-6-4-3-5-7-18)26-22(20)17-8-10-19(29-2)11-9-17/h3-11,15-16,21,24H,12-14H2,1-2H3,(H,25,28). The average molecular weight is 390 g/mol. The number of amides is 1. The van der Waals surface area contributed by atoms with Crippen LogP contribution >= 0.6 is 0 Å². The number of ether oxygens (including phenoxy) is 1. The molecule has 1 amide bonds. The Kier molecular flexibility index (Phi) is 5.62. The molecule has 0 bridgehead atoms. The Labute approximate surface area is 170 Å². The van der Waals surface area contributed by atoms with E-state index in [0.29, 0.717) is 17.2 Å². The Morgan fingerprint density at radius 3 is 2.62 bits per heavy atom. The van der Waals surface area contributed by atoms with Gasteiger partial charge in [-0.05, 0) is 61.8 Å². The molecule has 2 atom stereocenters. The van der Waals surface area contributed by atoms with Gasteiger partial charge in [-0.25, -0.2) is 4.68 Å². The molecule has 0 aliphatic carbocycles. The summed E-state index contributed by atoms with van der Waals surface area (Å²) in [4.78, 5) is 13.2. The van der Waals surface area contributed by atoms with Gasteiger partial charge in [0.15, 0.2) is 0 Å². The van der Waals surface area contributed by atoms with Crippen molar-refractivity contribution in [1.82, 2.24) is 20.4 Å². The number of benzene rings is 2. The lowest BCUT2D eigenvalue weighted by molar-refractivity contribution is 0.0915. The van der Waals surface area contributed by atoms with Crippen molar-refractivity contribution in [3.05, 3.63) is 66.4 Å². The summed E-state index contributed by atoms with van der Waals surface area (Å²) in [5.41, 5.74) is 3.03. The summed E-state index contributed by atoms with van der Waals surface area (Å²) in [7, 11) is 1.64. The number of carbonyl (C=O) groups is 1. The van der Waals surface area contributed by atoms with Gasteiger partial charge in [0.05, 0.1) is 18.4 Å². The number of hydrogen-bond donors (Lipinski definition) is 2. The third kappa shape index (κ3) is 4.17. The van der Waals surface area contributed by atoms with Crippen LogP contribution in [0.3, 0.4) is 0 Å². The van der Waals surface area contributed by atoms with E-state index in [4.69, 9.17) is 9.84 Å². The summed E-state index contributed by atoms with van der Waals surface area (Å²) in [5.74, 6) is 1.07. The second kappa shape index (κ2) is 8.49. The fourth-order valence-electron chi connectivity index (χ4n) is 3.69. The van der Waals surface area contributed by atoms with Gasteiger partial charge in [0.2, 0.25) is 0 Å². The van der Waals surface area contributed by atoms with Crippen LogP contribution in [0.2, 0.25) is 0 Å². The highest BCUT2D eigenvalue weighted by molar-refractivity contribution is 6.00. The molecule has 1 aliphatic heterocycles. The van der Waals surface area contributed by atoms with Crippen LogP contribution in [0.4, 0.5) is 0 Å². The van der Waals surface area contributed by atoms with Crippen molar-refractivity contribution in [2.45, 2.75) is 19.4 Å². The number of methoxy groups -OCH3 is 1. The molecule has 0 saturated carbocycles. The maximum absolute atomic E-state index is 13.2. The van der Waals surface area contributed by atoms with Gasteiger partial charge >= 0.3 is 0 Å². The van der Waals surface area contributed by atoms with Crippen LogP contribution in [0.15, 0.2) is 60.8 Å². The maximum Gasteiger partial charge on any atom is 0.255 e. The predicted molar refractivity (Wildman–Crippen MR) is 113 cm³/mol. The second-order valence-corrected chi connectivity index (χ2v) is 7.45. The molecular formula is C23H26N4O2. The molecule has 3 aromatic rings. The van der Waals surface area contributed by atoms with Gasteiger partial charge in [-0.15, -0.1) is 0 Å². The molecular weight excluding hydrogens is 364 g/mol. The highest BCUT2D eigenvalue weighted by Crippen LogP contribution is 2.26. The molecule has 6 heteroatoms. The van der Waals surface area contributed by atoms with Gasteiger partial charge in [0, 0.05) is 17.8 Å². The van der Waals surface area contributed by atoms with Crippen LogP contribution in [0, 0.1) is 5.92 Å². The van der Waals surface area contributed by atoms with Crippen molar-refractivity contribution >= 4 is 5.91 Å². The molecule has 0 spiro atoms. The van der Waals surface area contributed by atoms with Gasteiger partial charge in [0.1, 0.15) is 11.4 Å². The zero-order valence-corrected chi connectivity index (χ0v) is 16.8. The van der Waals surface area contributed by atoms with Gasteiger partial charge in [0.25, 0.3) is 5.91 Å². The molecule has 29 heavy (non-hydrogen) atoms. The summed E-state index contributed by atoms with van der Waals surface area (Å²) >= 11 is 0. The topological polar surface area (TPSA) is 68.2 Å². The molecule has 1 aromatic heterocycles. The summed E-state index contributed by atoms with van der Waals surface area (Å²) in [6.07, 6.45) is 2.74. The van der Waals surface area contributed by atoms with E-state index in [1.807, 2.05) is 60.8 Å².